The number of benzene rings is 3. The first-order valence-electron chi connectivity index (χ1n) is 10.5. The molecule has 0 atom stereocenters. The maximum absolute atomic E-state index is 12.9. The molecule has 0 aliphatic rings. The highest BCUT2D eigenvalue weighted by atomic mass is 32.2. The monoisotopic (exact) mass is 476 g/mol. The lowest BCUT2D eigenvalue weighted by molar-refractivity contribution is 0.0785. The van der Waals surface area contributed by atoms with Gasteiger partial charge in [-0.3, -0.25) is 9.52 Å². The van der Waals surface area contributed by atoms with E-state index < -0.39 is 10.0 Å². The zero-order valence-corrected chi connectivity index (χ0v) is 19.6. The number of nitrogens with one attached hydrogen (secondary N) is 1. The number of carbonyl (C=O) groups excluding carboxylic acids is 1. The summed E-state index contributed by atoms with van der Waals surface area (Å²) in [4.78, 5) is 14.5. The van der Waals surface area contributed by atoms with Crippen molar-refractivity contribution in [1.29, 1.82) is 0 Å². The molecule has 1 heterocycles. The van der Waals surface area contributed by atoms with Crippen molar-refractivity contribution < 1.29 is 17.9 Å². The van der Waals surface area contributed by atoms with E-state index in [0.717, 1.165) is 11.3 Å². The van der Waals surface area contributed by atoms with E-state index in [0.29, 0.717) is 23.5 Å². The average molecular weight is 477 g/mol. The Labute approximate surface area is 198 Å². The van der Waals surface area contributed by atoms with Crippen molar-refractivity contribution in [2.24, 2.45) is 0 Å². The first-order valence-corrected chi connectivity index (χ1v) is 12.0. The average Bonchev–Trinajstić information content (AvgIpc) is 3.33. The summed E-state index contributed by atoms with van der Waals surface area (Å²) in [6.45, 7) is 0.366. The van der Waals surface area contributed by atoms with Crippen LogP contribution in [0.1, 0.15) is 15.9 Å². The van der Waals surface area contributed by atoms with Crippen LogP contribution < -0.4 is 9.46 Å². The molecule has 3 aromatic carbocycles. The summed E-state index contributed by atoms with van der Waals surface area (Å²) >= 11 is 0. The maximum atomic E-state index is 12.9. The summed E-state index contributed by atoms with van der Waals surface area (Å²) in [6, 6.07) is 22.1. The molecule has 0 unspecified atom stereocenters. The van der Waals surface area contributed by atoms with Gasteiger partial charge >= 0.3 is 0 Å². The number of amides is 1. The molecule has 0 saturated carbocycles. The van der Waals surface area contributed by atoms with Gasteiger partial charge < -0.3 is 9.64 Å². The van der Waals surface area contributed by atoms with E-state index in [9.17, 15) is 13.2 Å². The molecule has 4 aromatic rings. The lowest BCUT2D eigenvalue weighted by Crippen LogP contribution is -2.26. The minimum absolute atomic E-state index is 0.0617. The fourth-order valence-corrected chi connectivity index (χ4v) is 4.44. The third-order valence-electron chi connectivity index (χ3n) is 5.18. The number of methoxy groups -OCH3 is 1. The summed E-state index contributed by atoms with van der Waals surface area (Å²) < 4.78 is 34.7. The Morgan fingerprint density at radius 3 is 2.32 bits per heavy atom. The molecule has 0 spiro atoms. The second kappa shape index (κ2) is 9.80. The fraction of sp³-hybridized carbons (Fsp3) is 0.120. The molecule has 1 N–H and O–H groups in total. The van der Waals surface area contributed by atoms with Crippen LogP contribution >= 0.6 is 0 Å². The minimum Gasteiger partial charge on any atom is -0.497 e. The Bertz CT molecular complexity index is 1370. The fourth-order valence-electron chi connectivity index (χ4n) is 3.38. The van der Waals surface area contributed by atoms with Crippen molar-refractivity contribution >= 4 is 21.6 Å². The number of carbonyl (C=O) groups is 1. The Balaban J connectivity index is 1.41. The van der Waals surface area contributed by atoms with Gasteiger partial charge in [-0.15, -0.1) is 0 Å². The smallest absolute Gasteiger partial charge is 0.261 e. The van der Waals surface area contributed by atoms with Crippen LogP contribution in [-0.2, 0) is 16.6 Å². The third-order valence-corrected chi connectivity index (χ3v) is 6.57. The largest absolute Gasteiger partial charge is 0.497 e. The van der Waals surface area contributed by atoms with Crippen LogP contribution in [0.3, 0.4) is 0 Å². The van der Waals surface area contributed by atoms with Crippen LogP contribution in [0.2, 0.25) is 0 Å². The Kier molecular flexibility index (Phi) is 6.65. The van der Waals surface area contributed by atoms with Gasteiger partial charge in [0.2, 0.25) is 0 Å². The summed E-state index contributed by atoms with van der Waals surface area (Å²) in [5, 5.41) is 4.35. The molecule has 34 heavy (non-hydrogen) atoms. The molecular formula is C25H24N4O4S. The number of sulfonamides is 1. The van der Waals surface area contributed by atoms with E-state index in [1.807, 2.05) is 36.5 Å². The van der Waals surface area contributed by atoms with Crippen molar-refractivity contribution in [3.05, 3.63) is 102 Å². The summed E-state index contributed by atoms with van der Waals surface area (Å²) in [5.41, 5.74) is 2.61. The van der Waals surface area contributed by atoms with Gasteiger partial charge in [-0.05, 0) is 60.7 Å². The first kappa shape index (κ1) is 23.1. The highest BCUT2D eigenvalue weighted by Crippen LogP contribution is 2.20. The van der Waals surface area contributed by atoms with E-state index in [1.165, 1.54) is 31.4 Å². The zero-order chi connectivity index (χ0) is 24.1. The molecule has 8 nitrogen and oxygen atoms in total. The molecule has 0 fully saturated rings. The number of anilines is 1. The predicted molar refractivity (Wildman–Crippen MR) is 130 cm³/mol. The normalized spacial score (nSPS) is 11.1. The van der Waals surface area contributed by atoms with Crippen molar-refractivity contribution in [3.8, 4) is 11.4 Å². The van der Waals surface area contributed by atoms with E-state index in [1.54, 1.807) is 47.1 Å². The Morgan fingerprint density at radius 2 is 1.68 bits per heavy atom. The molecule has 0 saturated heterocycles. The van der Waals surface area contributed by atoms with E-state index in [4.69, 9.17) is 4.74 Å². The number of hydrogen-bond acceptors (Lipinski definition) is 5. The van der Waals surface area contributed by atoms with Gasteiger partial charge in [-0.1, -0.05) is 18.2 Å². The van der Waals surface area contributed by atoms with Crippen molar-refractivity contribution in [3.63, 3.8) is 0 Å². The van der Waals surface area contributed by atoms with E-state index in [2.05, 4.69) is 9.82 Å². The number of rotatable bonds is 8. The van der Waals surface area contributed by atoms with Gasteiger partial charge in [0.1, 0.15) is 5.75 Å². The standard InChI is InChI=1S/C25H24N4O4S/c1-28(17-19-16-26-29(18-19)22-6-4-3-5-7-22)25(30)20-8-14-24(15-9-20)34(31,32)27-21-10-12-23(33-2)13-11-21/h3-16,18,27H,17H2,1-2H3. The molecule has 9 heteroatoms. The summed E-state index contributed by atoms with van der Waals surface area (Å²) in [6.07, 6.45) is 3.59. The summed E-state index contributed by atoms with van der Waals surface area (Å²) in [7, 11) is -0.563. The number of nitrogens with zero attached hydrogens (tertiary/aromatic N) is 3. The molecule has 1 amide bonds. The van der Waals surface area contributed by atoms with Crippen LogP contribution in [0.4, 0.5) is 5.69 Å². The van der Waals surface area contributed by atoms with Gasteiger partial charge in [-0.2, -0.15) is 5.10 Å². The van der Waals surface area contributed by atoms with Gasteiger partial charge in [0.05, 0.1) is 23.9 Å². The molecule has 1 aromatic heterocycles. The Hall–Kier alpha value is -4.11. The van der Waals surface area contributed by atoms with Crippen LogP contribution in [0, 0.1) is 0 Å². The van der Waals surface area contributed by atoms with Crippen LogP contribution in [0.15, 0.2) is 96.2 Å². The molecule has 0 radical (unpaired) electrons. The number of para-hydroxylation sites is 1. The van der Waals surface area contributed by atoms with Gasteiger partial charge in [-0.25, -0.2) is 13.1 Å². The highest BCUT2D eigenvalue weighted by molar-refractivity contribution is 7.92. The topological polar surface area (TPSA) is 93.5 Å². The van der Waals surface area contributed by atoms with Crippen molar-refractivity contribution in [1.82, 2.24) is 14.7 Å². The molecule has 174 valence electrons. The molecule has 0 aliphatic carbocycles. The van der Waals surface area contributed by atoms with Crippen LogP contribution in [0.25, 0.3) is 5.69 Å². The van der Waals surface area contributed by atoms with Gasteiger partial charge in [0.15, 0.2) is 0 Å². The Morgan fingerprint density at radius 1 is 1.00 bits per heavy atom. The first-order chi connectivity index (χ1) is 16.4. The quantitative estimate of drug-likeness (QED) is 0.416. The number of hydrogen-bond donors (Lipinski definition) is 1. The van der Waals surface area contributed by atoms with Gasteiger partial charge in [0, 0.05) is 36.6 Å². The SMILES string of the molecule is COc1ccc(NS(=O)(=O)c2ccc(C(=O)N(C)Cc3cnn(-c4ccccc4)c3)cc2)cc1. The van der Waals surface area contributed by atoms with Crippen molar-refractivity contribution in [2.45, 2.75) is 11.4 Å². The van der Waals surface area contributed by atoms with Gasteiger partial charge in [0.25, 0.3) is 15.9 Å². The molecular weight excluding hydrogens is 452 g/mol. The number of ether oxygens (including phenoxy) is 1. The lowest BCUT2D eigenvalue weighted by atomic mass is 10.2. The van der Waals surface area contributed by atoms with Crippen molar-refractivity contribution in [2.75, 3.05) is 18.9 Å². The molecule has 0 aliphatic heterocycles. The zero-order valence-electron chi connectivity index (χ0n) is 18.8. The van der Waals surface area contributed by atoms with Crippen LogP contribution in [-0.4, -0.2) is 43.2 Å². The van der Waals surface area contributed by atoms with Crippen LogP contribution in [0.5, 0.6) is 5.75 Å². The van der Waals surface area contributed by atoms with E-state index >= 15 is 0 Å². The highest BCUT2D eigenvalue weighted by Gasteiger charge is 2.17. The second-order valence-electron chi connectivity index (χ2n) is 7.65. The van der Waals surface area contributed by atoms with E-state index in [-0.39, 0.29) is 10.8 Å². The third kappa shape index (κ3) is 5.26. The lowest BCUT2D eigenvalue weighted by Gasteiger charge is -2.16. The number of aromatic nitrogens is 2. The predicted octanol–water partition coefficient (Wildman–Crippen LogP) is 3.95. The second-order valence-corrected chi connectivity index (χ2v) is 9.33. The maximum Gasteiger partial charge on any atom is 0.261 e. The molecule has 0 bridgehead atoms. The molecule has 4 rings (SSSR count). The minimum atomic E-state index is -3.79. The summed E-state index contributed by atoms with van der Waals surface area (Å²) in [5.74, 6) is 0.405.